The van der Waals surface area contributed by atoms with Crippen LogP contribution in [-0.4, -0.2) is 32.0 Å². The number of aliphatic imine (C=N–C) groups is 1. The van der Waals surface area contributed by atoms with Gasteiger partial charge in [-0.1, -0.05) is 42.5 Å². The number of aryl methyl sites for hydroxylation is 1. The van der Waals surface area contributed by atoms with E-state index in [1.165, 1.54) is 11.6 Å². The van der Waals surface area contributed by atoms with Gasteiger partial charge in [0.05, 0.1) is 12.6 Å². The zero-order chi connectivity index (χ0) is 19.6. The number of benzene rings is 2. The standard InChI is InChI=1S/C21H27FN4O.HI/c1-15-9-10-18(13-19(15)22)16(2)26-21(23-3)25-14-20(27)24-12-11-17-7-5-4-6-8-17;/h4-10,13,16H,11-12,14H2,1-3H3,(H,24,27)(H2,23,25,26);1H. The van der Waals surface area contributed by atoms with Gasteiger partial charge >= 0.3 is 0 Å². The number of hydrogen-bond donors (Lipinski definition) is 3. The van der Waals surface area contributed by atoms with E-state index in [1.54, 1.807) is 20.0 Å². The average molecular weight is 498 g/mol. The molecule has 0 aromatic heterocycles. The second-order valence-electron chi connectivity index (χ2n) is 6.39. The molecule has 0 bridgehead atoms. The van der Waals surface area contributed by atoms with Crippen molar-refractivity contribution in [2.75, 3.05) is 20.1 Å². The summed E-state index contributed by atoms with van der Waals surface area (Å²) < 4.78 is 13.7. The van der Waals surface area contributed by atoms with Gasteiger partial charge in [-0.25, -0.2) is 4.39 Å². The number of halogens is 2. The van der Waals surface area contributed by atoms with E-state index in [0.717, 1.165) is 12.0 Å². The molecule has 5 nitrogen and oxygen atoms in total. The van der Waals surface area contributed by atoms with Gasteiger partial charge in [-0.2, -0.15) is 0 Å². The third kappa shape index (κ3) is 7.84. The fraction of sp³-hybridized carbons (Fsp3) is 0.333. The monoisotopic (exact) mass is 498 g/mol. The molecule has 0 aliphatic carbocycles. The number of nitrogens with one attached hydrogen (secondary N) is 3. The summed E-state index contributed by atoms with van der Waals surface area (Å²) >= 11 is 0. The molecule has 0 radical (unpaired) electrons. The molecule has 1 amide bonds. The molecular formula is C21H28FIN4O. The minimum absolute atomic E-state index is 0. The summed E-state index contributed by atoms with van der Waals surface area (Å²) in [6, 6.07) is 15.0. The molecule has 3 N–H and O–H groups in total. The number of hydrogen-bond acceptors (Lipinski definition) is 2. The summed E-state index contributed by atoms with van der Waals surface area (Å²) in [4.78, 5) is 16.1. The van der Waals surface area contributed by atoms with E-state index >= 15 is 0 Å². The van der Waals surface area contributed by atoms with Crippen molar-refractivity contribution in [3.63, 3.8) is 0 Å². The summed E-state index contributed by atoms with van der Waals surface area (Å²) in [6.07, 6.45) is 0.787. The Labute approximate surface area is 183 Å². The molecule has 7 heteroatoms. The number of amides is 1. The molecule has 152 valence electrons. The zero-order valence-corrected chi connectivity index (χ0v) is 18.8. The van der Waals surface area contributed by atoms with Gasteiger partial charge in [0.2, 0.25) is 5.91 Å². The van der Waals surface area contributed by atoms with Crippen LogP contribution in [0.15, 0.2) is 53.5 Å². The third-order valence-corrected chi connectivity index (χ3v) is 4.27. The summed E-state index contributed by atoms with van der Waals surface area (Å²) in [7, 11) is 1.63. The Morgan fingerprint density at radius 3 is 2.50 bits per heavy atom. The lowest BCUT2D eigenvalue weighted by Crippen LogP contribution is -2.44. The highest BCUT2D eigenvalue weighted by atomic mass is 127. The van der Waals surface area contributed by atoms with Crippen molar-refractivity contribution < 1.29 is 9.18 Å². The Kier molecular flexibility index (Phi) is 10.5. The lowest BCUT2D eigenvalue weighted by molar-refractivity contribution is -0.119. The molecule has 0 heterocycles. The smallest absolute Gasteiger partial charge is 0.239 e. The lowest BCUT2D eigenvalue weighted by Gasteiger charge is -2.18. The van der Waals surface area contributed by atoms with Crippen LogP contribution in [-0.2, 0) is 11.2 Å². The van der Waals surface area contributed by atoms with Gasteiger partial charge in [-0.15, -0.1) is 24.0 Å². The van der Waals surface area contributed by atoms with Crippen molar-refractivity contribution >= 4 is 35.8 Å². The van der Waals surface area contributed by atoms with Crippen LogP contribution in [0.2, 0.25) is 0 Å². The third-order valence-electron chi connectivity index (χ3n) is 4.27. The maximum atomic E-state index is 13.7. The maximum Gasteiger partial charge on any atom is 0.239 e. The number of guanidine groups is 1. The molecule has 2 aromatic carbocycles. The quantitative estimate of drug-likeness (QED) is 0.312. The second-order valence-corrected chi connectivity index (χ2v) is 6.39. The topological polar surface area (TPSA) is 65.5 Å². The average Bonchev–Trinajstić information content (AvgIpc) is 2.67. The first kappa shape index (κ1) is 23.9. The molecule has 1 atom stereocenters. The van der Waals surface area contributed by atoms with Crippen LogP contribution < -0.4 is 16.0 Å². The van der Waals surface area contributed by atoms with Crippen LogP contribution in [0.25, 0.3) is 0 Å². The maximum absolute atomic E-state index is 13.7. The Morgan fingerprint density at radius 2 is 1.86 bits per heavy atom. The first-order valence-corrected chi connectivity index (χ1v) is 9.03. The first-order chi connectivity index (χ1) is 13.0. The van der Waals surface area contributed by atoms with Crippen LogP contribution >= 0.6 is 24.0 Å². The van der Waals surface area contributed by atoms with Crippen molar-refractivity contribution in [1.29, 1.82) is 0 Å². The molecule has 0 fully saturated rings. The second kappa shape index (κ2) is 12.3. The normalized spacial score (nSPS) is 11.9. The highest BCUT2D eigenvalue weighted by Gasteiger charge is 2.10. The fourth-order valence-electron chi connectivity index (χ4n) is 2.58. The summed E-state index contributed by atoms with van der Waals surface area (Å²) in [5.74, 6) is 0.145. The molecule has 0 saturated heterocycles. The Balaban J connectivity index is 0.00000392. The molecule has 2 aromatic rings. The number of nitrogens with zero attached hydrogens (tertiary/aromatic N) is 1. The van der Waals surface area contributed by atoms with E-state index in [2.05, 4.69) is 20.9 Å². The van der Waals surface area contributed by atoms with Crippen molar-refractivity contribution in [3.05, 3.63) is 71.0 Å². The van der Waals surface area contributed by atoms with Crippen molar-refractivity contribution in [2.24, 2.45) is 4.99 Å². The van der Waals surface area contributed by atoms with Crippen molar-refractivity contribution in [1.82, 2.24) is 16.0 Å². The predicted molar refractivity (Wildman–Crippen MR) is 123 cm³/mol. The van der Waals surface area contributed by atoms with Crippen LogP contribution in [0.3, 0.4) is 0 Å². The van der Waals surface area contributed by atoms with Crippen LogP contribution in [0, 0.1) is 12.7 Å². The predicted octanol–water partition coefficient (Wildman–Crippen LogP) is 3.34. The van der Waals surface area contributed by atoms with Crippen molar-refractivity contribution in [2.45, 2.75) is 26.3 Å². The fourth-order valence-corrected chi connectivity index (χ4v) is 2.58. The highest BCUT2D eigenvalue weighted by Crippen LogP contribution is 2.16. The summed E-state index contributed by atoms with van der Waals surface area (Å²) in [6.45, 7) is 4.34. The van der Waals surface area contributed by atoms with Gasteiger partial charge in [0.25, 0.3) is 0 Å². The number of carbonyl (C=O) groups excluding carboxylic acids is 1. The van der Waals surface area contributed by atoms with E-state index in [0.29, 0.717) is 18.1 Å². The van der Waals surface area contributed by atoms with Gasteiger partial charge in [-0.05, 0) is 43.0 Å². The Morgan fingerprint density at radius 1 is 1.14 bits per heavy atom. The van der Waals surface area contributed by atoms with Crippen LogP contribution in [0.5, 0.6) is 0 Å². The van der Waals surface area contributed by atoms with E-state index in [4.69, 9.17) is 0 Å². The molecule has 28 heavy (non-hydrogen) atoms. The zero-order valence-electron chi connectivity index (χ0n) is 16.5. The van der Waals surface area contributed by atoms with E-state index in [9.17, 15) is 9.18 Å². The van der Waals surface area contributed by atoms with E-state index in [-0.39, 0.29) is 48.3 Å². The largest absolute Gasteiger partial charge is 0.354 e. The highest BCUT2D eigenvalue weighted by molar-refractivity contribution is 14.0. The van der Waals surface area contributed by atoms with Gasteiger partial charge in [0, 0.05) is 13.6 Å². The number of carbonyl (C=O) groups is 1. The Hall–Kier alpha value is -2.16. The Bertz CT molecular complexity index is 783. The van der Waals surface area contributed by atoms with Gasteiger partial charge in [0.15, 0.2) is 5.96 Å². The first-order valence-electron chi connectivity index (χ1n) is 9.03. The van der Waals surface area contributed by atoms with Gasteiger partial charge in [0.1, 0.15) is 5.82 Å². The molecule has 0 aliphatic heterocycles. The molecule has 2 rings (SSSR count). The summed E-state index contributed by atoms with van der Waals surface area (Å²) in [5.41, 5.74) is 2.61. The molecule has 0 spiro atoms. The molecule has 0 saturated carbocycles. The van der Waals surface area contributed by atoms with E-state index < -0.39 is 0 Å². The van der Waals surface area contributed by atoms with E-state index in [1.807, 2.05) is 43.3 Å². The molecule has 1 unspecified atom stereocenters. The van der Waals surface area contributed by atoms with Crippen molar-refractivity contribution in [3.8, 4) is 0 Å². The van der Waals surface area contributed by atoms with Crippen LogP contribution in [0.1, 0.15) is 29.7 Å². The van der Waals surface area contributed by atoms with Gasteiger partial charge in [-0.3, -0.25) is 9.79 Å². The molecular weight excluding hydrogens is 470 g/mol. The SMILES string of the molecule is CN=C(NCC(=O)NCCc1ccccc1)NC(C)c1ccc(C)c(F)c1.I. The van der Waals surface area contributed by atoms with Crippen LogP contribution in [0.4, 0.5) is 4.39 Å². The minimum Gasteiger partial charge on any atom is -0.354 e. The minimum atomic E-state index is -0.234. The number of rotatable bonds is 7. The lowest BCUT2D eigenvalue weighted by atomic mass is 10.1. The molecule has 0 aliphatic rings. The van der Waals surface area contributed by atoms with Gasteiger partial charge < -0.3 is 16.0 Å². The summed E-state index contributed by atoms with van der Waals surface area (Å²) in [5, 5.41) is 9.01.